The molecule has 1 aromatic heterocycles. The minimum Gasteiger partial charge on any atom is -0.674 e. The lowest BCUT2D eigenvalue weighted by Gasteiger charge is -2.27. The van der Waals surface area contributed by atoms with Gasteiger partial charge in [-0.25, -0.2) is 4.98 Å². The fraction of sp³-hybridized carbons (Fsp3) is 0.273. The van der Waals surface area contributed by atoms with E-state index in [9.17, 15) is 5.26 Å². The molecular weight excluding hydrogens is 336 g/mol. The number of benzene rings is 2. The van der Waals surface area contributed by atoms with Gasteiger partial charge >= 0.3 is 0 Å². The molecule has 5 nitrogen and oxygen atoms in total. The largest absolute Gasteiger partial charge is 0.674 e. The molecule has 5 heteroatoms. The van der Waals surface area contributed by atoms with E-state index in [0.717, 1.165) is 60.6 Å². The second-order valence-corrected chi connectivity index (χ2v) is 6.77. The van der Waals surface area contributed by atoms with Crippen molar-refractivity contribution in [1.82, 2.24) is 9.88 Å². The van der Waals surface area contributed by atoms with E-state index < -0.39 is 0 Å². The molecule has 4 rings (SSSR count). The Kier molecular flexibility index (Phi) is 5.12. The Labute approximate surface area is 159 Å². The van der Waals surface area contributed by atoms with Crippen LogP contribution in [0, 0.1) is 11.3 Å². The highest BCUT2D eigenvalue weighted by Crippen LogP contribution is 2.27. The van der Waals surface area contributed by atoms with Gasteiger partial charge in [0.05, 0.1) is 36.1 Å². The predicted molar refractivity (Wildman–Crippen MR) is 106 cm³/mol. The fourth-order valence-electron chi connectivity index (χ4n) is 3.44. The summed E-state index contributed by atoms with van der Waals surface area (Å²) in [6, 6.07) is 18.1. The standard InChI is InChI=1S/C22H21N4O/c23-13-16-1-4-18(5-2-16)21-12-19(15-26-7-9-27-10-8-26)20-6-3-17(14-24)11-22(20)25-21/h1-6,11-12,23H,7-10,13,15H2/q-1. The Bertz CT molecular complexity index is 986. The zero-order valence-corrected chi connectivity index (χ0v) is 15.1. The number of rotatable bonds is 4. The van der Waals surface area contributed by atoms with Crippen molar-refractivity contribution in [2.24, 2.45) is 0 Å². The van der Waals surface area contributed by atoms with Gasteiger partial charge < -0.3 is 10.5 Å². The normalized spacial score (nSPS) is 15.0. The molecule has 0 saturated carbocycles. The van der Waals surface area contributed by atoms with Gasteiger partial charge in [-0.1, -0.05) is 35.9 Å². The Hall–Kier alpha value is -2.78. The average Bonchev–Trinajstić information content (AvgIpc) is 2.74. The van der Waals surface area contributed by atoms with Crippen molar-refractivity contribution in [3.05, 3.63) is 71.0 Å². The topological polar surface area (TPSA) is 73.0 Å². The van der Waals surface area contributed by atoms with Crippen molar-refractivity contribution in [2.75, 3.05) is 26.3 Å². The van der Waals surface area contributed by atoms with Crippen LogP contribution in [0.25, 0.3) is 27.9 Å². The zero-order chi connectivity index (χ0) is 18.6. The van der Waals surface area contributed by atoms with Crippen molar-refractivity contribution in [3.63, 3.8) is 0 Å². The first-order valence-electron chi connectivity index (χ1n) is 9.14. The Morgan fingerprint density at radius 3 is 2.56 bits per heavy atom. The number of nitrogens with zero attached hydrogens (tertiary/aromatic N) is 3. The van der Waals surface area contributed by atoms with Crippen LogP contribution in [-0.4, -0.2) is 36.2 Å². The highest BCUT2D eigenvalue weighted by atomic mass is 16.5. The second-order valence-electron chi connectivity index (χ2n) is 6.77. The molecular formula is C22H21N4O-. The lowest BCUT2D eigenvalue weighted by molar-refractivity contribution is 0.0344. The van der Waals surface area contributed by atoms with Gasteiger partial charge in [-0.3, -0.25) is 4.90 Å². The molecule has 1 N–H and O–H groups in total. The highest BCUT2D eigenvalue weighted by molar-refractivity contribution is 5.86. The minimum atomic E-state index is 0.277. The van der Waals surface area contributed by atoms with Crippen molar-refractivity contribution in [1.29, 1.82) is 5.26 Å². The molecule has 0 amide bonds. The van der Waals surface area contributed by atoms with Crippen LogP contribution < -0.4 is 0 Å². The number of nitrogens with one attached hydrogen (secondary N) is 1. The van der Waals surface area contributed by atoms with E-state index in [1.807, 2.05) is 42.5 Å². The van der Waals surface area contributed by atoms with Gasteiger partial charge in [0.2, 0.25) is 0 Å². The summed E-state index contributed by atoms with van der Waals surface area (Å²) in [6.45, 7) is 4.50. The van der Waals surface area contributed by atoms with Crippen LogP contribution >= 0.6 is 0 Å². The molecule has 1 fully saturated rings. The molecule has 0 atom stereocenters. The third kappa shape index (κ3) is 3.83. The number of ether oxygens (including phenoxy) is 1. The molecule has 2 heterocycles. The summed E-state index contributed by atoms with van der Waals surface area (Å²) >= 11 is 0. The molecule has 1 aliphatic heterocycles. The summed E-state index contributed by atoms with van der Waals surface area (Å²) in [5.74, 6) is 0. The van der Waals surface area contributed by atoms with Gasteiger partial charge in [-0.15, -0.1) is 6.54 Å². The maximum absolute atomic E-state index is 9.25. The van der Waals surface area contributed by atoms with Crippen LogP contribution in [0.5, 0.6) is 0 Å². The molecule has 1 saturated heterocycles. The SMILES string of the molecule is N#Cc1ccc2c(CN3CCOCC3)cc(-c3ccc(C[NH-])cc3)nc2c1. The molecule has 0 aliphatic carbocycles. The molecule has 0 bridgehead atoms. The average molecular weight is 357 g/mol. The molecule has 27 heavy (non-hydrogen) atoms. The van der Waals surface area contributed by atoms with Gasteiger partial charge in [0.25, 0.3) is 0 Å². The monoisotopic (exact) mass is 357 g/mol. The van der Waals surface area contributed by atoms with Crippen LogP contribution in [0.1, 0.15) is 16.7 Å². The fourth-order valence-corrected chi connectivity index (χ4v) is 3.44. The Morgan fingerprint density at radius 2 is 1.85 bits per heavy atom. The predicted octanol–water partition coefficient (Wildman–Crippen LogP) is 4.16. The minimum absolute atomic E-state index is 0.277. The zero-order valence-electron chi connectivity index (χ0n) is 15.1. The number of pyridine rings is 1. The lowest BCUT2D eigenvalue weighted by Crippen LogP contribution is -2.35. The van der Waals surface area contributed by atoms with E-state index in [-0.39, 0.29) is 6.54 Å². The number of fused-ring (bicyclic) bond motifs is 1. The first kappa shape index (κ1) is 17.6. The van der Waals surface area contributed by atoms with E-state index in [1.165, 1.54) is 5.56 Å². The third-order valence-corrected chi connectivity index (χ3v) is 4.98. The number of hydrogen-bond acceptors (Lipinski definition) is 4. The first-order chi connectivity index (χ1) is 13.3. The summed E-state index contributed by atoms with van der Waals surface area (Å²) in [6.07, 6.45) is 0. The smallest absolute Gasteiger partial charge is 0.0992 e. The van der Waals surface area contributed by atoms with Crippen LogP contribution in [0.3, 0.4) is 0 Å². The van der Waals surface area contributed by atoms with E-state index in [1.54, 1.807) is 0 Å². The van der Waals surface area contributed by atoms with E-state index in [4.69, 9.17) is 15.5 Å². The quantitative estimate of drug-likeness (QED) is 0.703. The second kappa shape index (κ2) is 7.85. The van der Waals surface area contributed by atoms with Gasteiger partial charge in [0.15, 0.2) is 0 Å². The molecule has 0 unspecified atom stereocenters. The van der Waals surface area contributed by atoms with Gasteiger partial charge in [-0.2, -0.15) is 5.26 Å². The first-order valence-corrected chi connectivity index (χ1v) is 9.14. The van der Waals surface area contributed by atoms with Crippen molar-refractivity contribution >= 4 is 10.9 Å². The van der Waals surface area contributed by atoms with Crippen molar-refractivity contribution in [2.45, 2.75) is 13.1 Å². The summed E-state index contributed by atoms with van der Waals surface area (Å²) in [5, 5.41) is 10.3. The number of hydrogen-bond donors (Lipinski definition) is 0. The van der Waals surface area contributed by atoms with Crippen LogP contribution in [-0.2, 0) is 17.8 Å². The Balaban J connectivity index is 1.79. The maximum atomic E-state index is 9.25. The molecule has 3 aromatic rings. The van der Waals surface area contributed by atoms with Gasteiger partial charge in [-0.05, 0) is 23.8 Å². The van der Waals surface area contributed by atoms with Gasteiger partial charge in [0, 0.05) is 30.6 Å². The highest BCUT2D eigenvalue weighted by Gasteiger charge is 2.14. The van der Waals surface area contributed by atoms with Crippen LogP contribution in [0.4, 0.5) is 0 Å². The van der Waals surface area contributed by atoms with E-state index >= 15 is 0 Å². The van der Waals surface area contributed by atoms with E-state index in [2.05, 4.69) is 17.0 Å². The Morgan fingerprint density at radius 1 is 1.07 bits per heavy atom. The van der Waals surface area contributed by atoms with Crippen molar-refractivity contribution in [3.8, 4) is 17.3 Å². The number of morpholine rings is 1. The summed E-state index contributed by atoms with van der Waals surface area (Å²) in [5.41, 5.74) is 13.1. The molecule has 136 valence electrons. The third-order valence-electron chi connectivity index (χ3n) is 4.98. The molecule has 1 aliphatic rings. The molecule has 0 radical (unpaired) electrons. The van der Waals surface area contributed by atoms with Crippen LogP contribution in [0.2, 0.25) is 0 Å². The molecule has 0 spiro atoms. The lowest BCUT2D eigenvalue weighted by atomic mass is 10.0. The van der Waals surface area contributed by atoms with Crippen LogP contribution in [0.15, 0.2) is 48.5 Å². The summed E-state index contributed by atoms with van der Waals surface area (Å²) in [4.78, 5) is 7.21. The summed E-state index contributed by atoms with van der Waals surface area (Å²) in [7, 11) is 0. The summed E-state index contributed by atoms with van der Waals surface area (Å²) < 4.78 is 5.46. The molecule has 2 aromatic carbocycles. The number of aromatic nitrogens is 1. The maximum Gasteiger partial charge on any atom is 0.0992 e. The number of nitriles is 1. The van der Waals surface area contributed by atoms with Crippen molar-refractivity contribution < 1.29 is 4.74 Å². The van der Waals surface area contributed by atoms with E-state index in [0.29, 0.717) is 5.56 Å². The van der Waals surface area contributed by atoms with Gasteiger partial charge in [0.1, 0.15) is 0 Å².